The average Bonchev–Trinajstić information content (AvgIpc) is 2.40. The Morgan fingerprint density at radius 3 is 2.74 bits per heavy atom. The van der Waals surface area contributed by atoms with E-state index in [4.69, 9.17) is 10.5 Å². The molecule has 0 bridgehead atoms. The number of benzene rings is 1. The molecule has 0 spiro atoms. The fourth-order valence-electron chi connectivity index (χ4n) is 2.30. The maximum Gasteiger partial charge on any atom is 0.119 e. The van der Waals surface area contributed by atoms with Crippen molar-refractivity contribution in [3.63, 3.8) is 0 Å². The predicted octanol–water partition coefficient (Wildman–Crippen LogP) is 1.62. The highest BCUT2D eigenvalue weighted by atomic mass is 16.5. The number of ether oxygens (including phenoxy) is 1. The minimum Gasteiger partial charge on any atom is -0.497 e. The number of methoxy groups -OCH3 is 1. The Balaban J connectivity index is 2.67. The van der Waals surface area contributed by atoms with Crippen LogP contribution in [-0.4, -0.2) is 42.9 Å². The van der Waals surface area contributed by atoms with Crippen molar-refractivity contribution in [2.24, 2.45) is 5.73 Å². The van der Waals surface area contributed by atoms with Gasteiger partial charge in [0.1, 0.15) is 5.75 Å². The van der Waals surface area contributed by atoms with E-state index < -0.39 is 0 Å². The Kier molecular flexibility index (Phi) is 6.84. The molecule has 2 atom stereocenters. The van der Waals surface area contributed by atoms with Crippen LogP contribution in [0.4, 0.5) is 0 Å². The van der Waals surface area contributed by atoms with Gasteiger partial charge in [0.2, 0.25) is 0 Å². The molecule has 4 nitrogen and oxygen atoms in total. The average molecular weight is 266 g/mol. The van der Waals surface area contributed by atoms with E-state index in [1.165, 1.54) is 0 Å². The highest BCUT2D eigenvalue weighted by Gasteiger charge is 2.21. The monoisotopic (exact) mass is 266 g/mol. The van der Waals surface area contributed by atoms with Crippen molar-refractivity contribution in [1.82, 2.24) is 4.90 Å². The van der Waals surface area contributed by atoms with Gasteiger partial charge in [0.05, 0.1) is 13.7 Å². The van der Waals surface area contributed by atoms with Crippen molar-refractivity contribution < 1.29 is 9.84 Å². The zero-order valence-corrected chi connectivity index (χ0v) is 12.2. The molecular weight excluding hydrogens is 240 g/mol. The molecule has 0 saturated heterocycles. The zero-order chi connectivity index (χ0) is 14.3. The molecule has 19 heavy (non-hydrogen) atoms. The van der Waals surface area contributed by atoms with Gasteiger partial charge in [0.15, 0.2) is 0 Å². The lowest BCUT2D eigenvalue weighted by Gasteiger charge is -2.31. The second-order valence-electron chi connectivity index (χ2n) is 4.97. The van der Waals surface area contributed by atoms with E-state index in [0.717, 1.165) is 30.7 Å². The third kappa shape index (κ3) is 4.82. The van der Waals surface area contributed by atoms with Crippen LogP contribution in [0.25, 0.3) is 0 Å². The fraction of sp³-hybridized carbons (Fsp3) is 0.600. The van der Waals surface area contributed by atoms with Crippen LogP contribution in [0.1, 0.15) is 25.3 Å². The summed E-state index contributed by atoms with van der Waals surface area (Å²) < 4.78 is 5.22. The van der Waals surface area contributed by atoms with E-state index in [0.29, 0.717) is 0 Å². The van der Waals surface area contributed by atoms with Crippen molar-refractivity contribution in [1.29, 1.82) is 0 Å². The lowest BCUT2D eigenvalue weighted by Crippen LogP contribution is -2.48. The summed E-state index contributed by atoms with van der Waals surface area (Å²) >= 11 is 0. The largest absolute Gasteiger partial charge is 0.497 e. The normalized spacial score (nSPS) is 14.4. The molecule has 4 heteroatoms. The van der Waals surface area contributed by atoms with Gasteiger partial charge in [-0.2, -0.15) is 0 Å². The molecule has 0 saturated carbocycles. The molecule has 0 fully saturated rings. The van der Waals surface area contributed by atoms with Crippen LogP contribution < -0.4 is 10.5 Å². The summed E-state index contributed by atoms with van der Waals surface area (Å²) in [6.45, 7) is 2.94. The van der Waals surface area contributed by atoms with Crippen LogP contribution in [-0.2, 0) is 6.54 Å². The van der Waals surface area contributed by atoms with E-state index in [9.17, 15) is 5.11 Å². The molecule has 2 unspecified atom stereocenters. The van der Waals surface area contributed by atoms with Gasteiger partial charge >= 0.3 is 0 Å². The van der Waals surface area contributed by atoms with Gasteiger partial charge in [-0.3, -0.25) is 4.90 Å². The summed E-state index contributed by atoms with van der Waals surface area (Å²) in [6, 6.07) is 7.96. The standard InChI is InChI=1S/C15H26N2O2/c1-4-6-14(16)15(11-18)17(2)10-12-7-5-8-13(9-12)19-3/h5,7-9,14-15,18H,4,6,10-11,16H2,1-3H3. The molecule has 1 aromatic carbocycles. The Labute approximate surface area is 116 Å². The second-order valence-corrected chi connectivity index (χ2v) is 4.97. The number of likely N-dealkylation sites (N-methyl/N-ethyl adjacent to an activating group) is 1. The van der Waals surface area contributed by atoms with E-state index in [1.54, 1.807) is 7.11 Å². The quantitative estimate of drug-likeness (QED) is 0.750. The first-order valence-corrected chi connectivity index (χ1v) is 6.82. The number of nitrogens with two attached hydrogens (primary N) is 1. The van der Waals surface area contributed by atoms with Gasteiger partial charge in [0.25, 0.3) is 0 Å². The zero-order valence-electron chi connectivity index (χ0n) is 12.2. The third-order valence-electron chi connectivity index (χ3n) is 3.44. The SMILES string of the molecule is CCCC(N)C(CO)N(C)Cc1cccc(OC)c1. The summed E-state index contributed by atoms with van der Waals surface area (Å²) in [5.74, 6) is 0.851. The van der Waals surface area contributed by atoms with E-state index in [2.05, 4.69) is 17.9 Å². The molecule has 0 aliphatic rings. The van der Waals surface area contributed by atoms with Gasteiger partial charge in [0, 0.05) is 18.6 Å². The predicted molar refractivity (Wildman–Crippen MR) is 78.2 cm³/mol. The number of aliphatic hydroxyl groups is 1. The fourth-order valence-corrected chi connectivity index (χ4v) is 2.30. The lowest BCUT2D eigenvalue weighted by atomic mass is 10.0. The summed E-state index contributed by atoms with van der Waals surface area (Å²) in [4.78, 5) is 2.11. The van der Waals surface area contributed by atoms with E-state index in [1.807, 2.05) is 25.2 Å². The number of hydrogen-bond acceptors (Lipinski definition) is 4. The van der Waals surface area contributed by atoms with E-state index >= 15 is 0 Å². The Morgan fingerprint density at radius 1 is 1.42 bits per heavy atom. The maximum atomic E-state index is 9.53. The van der Waals surface area contributed by atoms with Crippen LogP contribution in [0.2, 0.25) is 0 Å². The van der Waals surface area contributed by atoms with Crippen molar-refractivity contribution >= 4 is 0 Å². The number of rotatable bonds is 8. The molecule has 108 valence electrons. The summed E-state index contributed by atoms with van der Waals surface area (Å²) in [7, 11) is 3.66. The van der Waals surface area contributed by atoms with Crippen molar-refractivity contribution in [2.75, 3.05) is 20.8 Å². The van der Waals surface area contributed by atoms with Crippen LogP contribution in [0.15, 0.2) is 24.3 Å². The smallest absolute Gasteiger partial charge is 0.119 e. The van der Waals surface area contributed by atoms with Crippen LogP contribution >= 0.6 is 0 Å². The number of hydrogen-bond donors (Lipinski definition) is 2. The Hall–Kier alpha value is -1.10. The van der Waals surface area contributed by atoms with Crippen molar-refractivity contribution in [3.8, 4) is 5.75 Å². The molecule has 0 aromatic heterocycles. The molecule has 0 heterocycles. The third-order valence-corrected chi connectivity index (χ3v) is 3.44. The molecule has 1 rings (SSSR count). The van der Waals surface area contributed by atoms with E-state index in [-0.39, 0.29) is 18.7 Å². The second kappa shape index (κ2) is 8.15. The first-order valence-electron chi connectivity index (χ1n) is 6.82. The summed E-state index contributed by atoms with van der Waals surface area (Å²) in [6.07, 6.45) is 1.96. The molecule has 0 amide bonds. The van der Waals surface area contributed by atoms with Crippen LogP contribution in [0, 0.1) is 0 Å². The lowest BCUT2D eigenvalue weighted by molar-refractivity contribution is 0.118. The summed E-state index contributed by atoms with van der Waals surface area (Å²) in [5, 5.41) is 9.53. The Morgan fingerprint density at radius 2 is 2.16 bits per heavy atom. The Bertz CT molecular complexity index is 371. The highest BCUT2D eigenvalue weighted by molar-refractivity contribution is 5.28. The van der Waals surface area contributed by atoms with Crippen molar-refractivity contribution in [3.05, 3.63) is 29.8 Å². The van der Waals surface area contributed by atoms with Gasteiger partial charge < -0.3 is 15.6 Å². The van der Waals surface area contributed by atoms with Crippen molar-refractivity contribution in [2.45, 2.75) is 38.4 Å². The number of nitrogens with zero attached hydrogens (tertiary/aromatic N) is 1. The molecule has 3 N–H and O–H groups in total. The molecule has 0 aliphatic heterocycles. The first kappa shape index (κ1) is 16.0. The molecule has 1 aromatic rings. The van der Waals surface area contributed by atoms with Gasteiger partial charge in [-0.15, -0.1) is 0 Å². The molecule has 0 aliphatic carbocycles. The van der Waals surface area contributed by atoms with Gasteiger partial charge in [-0.05, 0) is 31.2 Å². The minimum absolute atomic E-state index is 0.00519. The minimum atomic E-state index is -0.00819. The maximum absolute atomic E-state index is 9.53. The number of aliphatic hydroxyl groups excluding tert-OH is 1. The topological polar surface area (TPSA) is 58.7 Å². The molecule has 0 radical (unpaired) electrons. The first-order chi connectivity index (χ1) is 9.12. The van der Waals surface area contributed by atoms with Crippen LogP contribution in [0.3, 0.4) is 0 Å². The summed E-state index contributed by atoms with van der Waals surface area (Å²) in [5.41, 5.74) is 7.28. The molecular formula is C15H26N2O2. The van der Waals surface area contributed by atoms with Gasteiger partial charge in [-0.1, -0.05) is 25.5 Å². The van der Waals surface area contributed by atoms with Crippen LogP contribution in [0.5, 0.6) is 5.75 Å². The highest BCUT2D eigenvalue weighted by Crippen LogP contribution is 2.16. The van der Waals surface area contributed by atoms with Gasteiger partial charge in [-0.25, -0.2) is 0 Å².